The Morgan fingerprint density at radius 2 is 1.85 bits per heavy atom. The maximum absolute atomic E-state index is 15.0. The van der Waals surface area contributed by atoms with Crippen LogP contribution in [-0.4, -0.2) is 66.1 Å². The second-order valence-electron chi connectivity index (χ2n) is 10.3. The molecule has 0 aliphatic carbocycles. The molecule has 7 nitrogen and oxygen atoms in total. The number of nitrogens with zero attached hydrogens (tertiary/aromatic N) is 2. The van der Waals surface area contributed by atoms with Gasteiger partial charge < -0.3 is 24.3 Å². The highest BCUT2D eigenvalue weighted by molar-refractivity contribution is 6.00. The van der Waals surface area contributed by atoms with Crippen LogP contribution in [0.25, 0.3) is 10.9 Å². The molecule has 3 heterocycles. The van der Waals surface area contributed by atoms with E-state index in [2.05, 4.69) is 4.98 Å². The molecule has 8 heteroatoms. The molecule has 2 amide bonds. The average molecular weight is 528 g/mol. The summed E-state index contributed by atoms with van der Waals surface area (Å²) in [5.74, 6) is 0.350. The molecular weight excluding hydrogens is 497 g/mol. The lowest BCUT2D eigenvalue weighted by atomic mass is 9.92. The molecule has 2 fully saturated rings. The van der Waals surface area contributed by atoms with Crippen molar-refractivity contribution in [3.63, 3.8) is 0 Å². The molecule has 1 aromatic heterocycles. The number of H-pyrrole nitrogens is 1. The minimum Gasteiger partial charge on any atom is -0.497 e. The first kappa shape index (κ1) is 25.1. The summed E-state index contributed by atoms with van der Waals surface area (Å²) in [5.41, 5.74) is 2.29. The van der Waals surface area contributed by atoms with Crippen LogP contribution >= 0.6 is 0 Å². The van der Waals surface area contributed by atoms with Crippen LogP contribution in [0, 0.1) is 0 Å². The van der Waals surface area contributed by atoms with E-state index < -0.39 is 5.67 Å². The molecule has 2 aliphatic rings. The van der Waals surface area contributed by atoms with Gasteiger partial charge in [-0.05, 0) is 47.4 Å². The van der Waals surface area contributed by atoms with E-state index in [0.717, 1.165) is 22.0 Å². The van der Waals surface area contributed by atoms with Crippen LogP contribution < -0.4 is 4.74 Å². The molecule has 0 spiro atoms. The van der Waals surface area contributed by atoms with Gasteiger partial charge in [-0.2, -0.15) is 0 Å². The third kappa shape index (κ3) is 5.00. The zero-order chi connectivity index (χ0) is 27.0. The summed E-state index contributed by atoms with van der Waals surface area (Å²) in [6.45, 7) is 0.804. The number of piperazine rings is 1. The Balaban J connectivity index is 1.26. The van der Waals surface area contributed by atoms with Crippen LogP contribution in [0.1, 0.15) is 27.2 Å². The Labute approximate surface area is 226 Å². The number of carbonyl (C=O) groups excluding carboxylic acids is 2. The number of fused-ring (bicyclic) bond motifs is 1. The number of halogens is 1. The SMILES string of the molecule is COc1ccc2[nH]c(C(=O)N3CC(=O)N(Cc4cccc(C5(F)COC5)c4)[C@@H](Cc4ccccc4)C3)cc2c1. The Morgan fingerprint density at radius 3 is 2.59 bits per heavy atom. The number of methoxy groups -OCH3 is 1. The Morgan fingerprint density at radius 1 is 1.05 bits per heavy atom. The quantitative estimate of drug-likeness (QED) is 0.385. The van der Waals surface area contributed by atoms with Gasteiger partial charge in [0, 0.05) is 24.0 Å². The molecule has 4 aromatic rings. The van der Waals surface area contributed by atoms with Crippen molar-refractivity contribution < 1.29 is 23.5 Å². The normalized spacial score (nSPS) is 18.7. The van der Waals surface area contributed by atoms with Crippen molar-refractivity contribution in [3.8, 4) is 5.75 Å². The number of aromatic amines is 1. The number of ether oxygens (including phenoxy) is 2. The van der Waals surface area contributed by atoms with E-state index in [0.29, 0.717) is 36.5 Å². The van der Waals surface area contributed by atoms with E-state index in [1.165, 1.54) is 0 Å². The van der Waals surface area contributed by atoms with Crippen molar-refractivity contribution in [3.05, 3.63) is 101 Å². The first-order chi connectivity index (χ1) is 18.9. The van der Waals surface area contributed by atoms with E-state index in [4.69, 9.17) is 9.47 Å². The second-order valence-corrected chi connectivity index (χ2v) is 10.3. The van der Waals surface area contributed by atoms with Gasteiger partial charge in [0.25, 0.3) is 5.91 Å². The summed E-state index contributed by atoms with van der Waals surface area (Å²) < 4.78 is 25.4. The van der Waals surface area contributed by atoms with Crippen LogP contribution in [0.15, 0.2) is 78.9 Å². The Hall–Kier alpha value is -4.17. The molecule has 200 valence electrons. The standard InChI is InChI=1S/C31H30FN3O4/c1-38-26-10-11-27-23(14-26)15-28(33-27)30(37)34-17-25(13-21-6-3-2-4-7-21)35(29(36)18-34)16-22-8-5-9-24(12-22)31(32)19-39-20-31/h2-12,14-15,25,33H,13,16-20H2,1H3/t25-/m0/s1. The summed E-state index contributed by atoms with van der Waals surface area (Å²) in [4.78, 5) is 33.8. The van der Waals surface area contributed by atoms with Crippen molar-refractivity contribution in [1.82, 2.24) is 14.8 Å². The van der Waals surface area contributed by atoms with E-state index in [1.807, 2.05) is 71.6 Å². The van der Waals surface area contributed by atoms with Crippen molar-refractivity contribution >= 4 is 22.7 Å². The molecule has 1 N–H and O–H groups in total. The minimum absolute atomic E-state index is 0.0244. The molecule has 2 aliphatic heterocycles. The summed E-state index contributed by atoms with van der Waals surface area (Å²) in [7, 11) is 1.60. The summed E-state index contributed by atoms with van der Waals surface area (Å²) in [5, 5.41) is 0.867. The number of amides is 2. The molecule has 3 aromatic carbocycles. The van der Waals surface area contributed by atoms with Gasteiger partial charge in [0.15, 0.2) is 5.67 Å². The minimum atomic E-state index is -1.47. The van der Waals surface area contributed by atoms with E-state index in [9.17, 15) is 14.0 Å². The molecule has 2 saturated heterocycles. The first-order valence-corrected chi connectivity index (χ1v) is 13.1. The lowest BCUT2D eigenvalue weighted by Gasteiger charge is -2.41. The topological polar surface area (TPSA) is 74.9 Å². The predicted molar refractivity (Wildman–Crippen MR) is 145 cm³/mol. The zero-order valence-electron chi connectivity index (χ0n) is 21.7. The van der Waals surface area contributed by atoms with E-state index >= 15 is 0 Å². The van der Waals surface area contributed by atoms with Crippen LogP contribution in [0.5, 0.6) is 5.75 Å². The maximum atomic E-state index is 15.0. The molecule has 0 saturated carbocycles. The molecular formula is C31H30FN3O4. The molecule has 0 radical (unpaired) electrons. The second kappa shape index (κ2) is 10.2. The smallest absolute Gasteiger partial charge is 0.270 e. The van der Waals surface area contributed by atoms with Crippen molar-refractivity contribution in [2.24, 2.45) is 0 Å². The highest BCUT2D eigenvalue weighted by Crippen LogP contribution is 2.34. The number of hydrogen-bond acceptors (Lipinski definition) is 4. The number of hydrogen-bond donors (Lipinski definition) is 1. The molecule has 1 atom stereocenters. The van der Waals surface area contributed by atoms with Crippen LogP contribution in [-0.2, 0) is 28.2 Å². The number of alkyl halides is 1. The van der Waals surface area contributed by atoms with Gasteiger partial charge in [0.05, 0.1) is 26.4 Å². The Kier molecular flexibility index (Phi) is 6.56. The fourth-order valence-electron chi connectivity index (χ4n) is 5.42. The van der Waals surface area contributed by atoms with Crippen molar-refractivity contribution in [2.45, 2.75) is 24.7 Å². The summed E-state index contributed by atoms with van der Waals surface area (Å²) >= 11 is 0. The summed E-state index contributed by atoms with van der Waals surface area (Å²) in [6.07, 6.45) is 0.598. The fraction of sp³-hybridized carbons (Fsp3) is 0.290. The highest BCUT2D eigenvalue weighted by Gasteiger charge is 2.41. The Bertz CT molecular complexity index is 1510. The molecule has 39 heavy (non-hydrogen) atoms. The van der Waals surface area contributed by atoms with Gasteiger partial charge in [-0.1, -0.05) is 54.6 Å². The number of aromatic nitrogens is 1. The predicted octanol–water partition coefficient (Wildman–Crippen LogP) is 4.47. The third-order valence-corrected chi connectivity index (χ3v) is 7.64. The van der Waals surface area contributed by atoms with Gasteiger partial charge >= 0.3 is 0 Å². The van der Waals surface area contributed by atoms with Gasteiger partial charge in [-0.3, -0.25) is 9.59 Å². The van der Waals surface area contributed by atoms with Gasteiger partial charge in [0.2, 0.25) is 5.91 Å². The van der Waals surface area contributed by atoms with Crippen LogP contribution in [0.3, 0.4) is 0 Å². The summed E-state index contributed by atoms with van der Waals surface area (Å²) in [6, 6.07) is 24.4. The lowest BCUT2D eigenvalue weighted by molar-refractivity contribution is -0.139. The van der Waals surface area contributed by atoms with E-state index in [1.54, 1.807) is 24.1 Å². The fourth-order valence-corrected chi connectivity index (χ4v) is 5.42. The maximum Gasteiger partial charge on any atom is 0.270 e. The monoisotopic (exact) mass is 527 g/mol. The zero-order valence-corrected chi connectivity index (χ0v) is 21.7. The number of nitrogens with one attached hydrogen (secondary N) is 1. The van der Waals surface area contributed by atoms with Crippen LogP contribution in [0.2, 0.25) is 0 Å². The molecule has 0 bridgehead atoms. The van der Waals surface area contributed by atoms with Crippen LogP contribution in [0.4, 0.5) is 4.39 Å². The van der Waals surface area contributed by atoms with Crippen molar-refractivity contribution in [2.75, 3.05) is 33.4 Å². The van der Waals surface area contributed by atoms with Gasteiger partial charge in [0.1, 0.15) is 18.0 Å². The number of carbonyl (C=O) groups is 2. The lowest BCUT2D eigenvalue weighted by Crippen LogP contribution is -2.58. The highest BCUT2D eigenvalue weighted by atomic mass is 19.1. The van der Waals surface area contributed by atoms with Gasteiger partial charge in [-0.15, -0.1) is 0 Å². The first-order valence-electron chi connectivity index (χ1n) is 13.1. The average Bonchev–Trinajstić information content (AvgIpc) is 3.37. The molecule has 6 rings (SSSR count). The largest absolute Gasteiger partial charge is 0.497 e. The third-order valence-electron chi connectivity index (χ3n) is 7.64. The van der Waals surface area contributed by atoms with Crippen molar-refractivity contribution in [1.29, 1.82) is 0 Å². The molecule has 0 unspecified atom stereocenters. The van der Waals surface area contributed by atoms with Gasteiger partial charge in [-0.25, -0.2) is 4.39 Å². The van der Waals surface area contributed by atoms with E-state index in [-0.39, 0.29) is 37.6 Å². The number of rotatable bonds is 7. The number of benzene rings is 3.